The molecule has 1 amide bonds. The molecule has 0 aliphatic rings. The minimum absolute atomic E-state index is 0.0213. The van der Waals surface area contributed by atoms with E-state index in [0.717, 1.165) is 12.8 Å². The maximum Gasteiger partial charge on any atom is 0.437 e. The van der Waals surface area contributed by atoms with E-state index in [1.54, 1.807) is 0 Å². The maximum absolute atomic E-state index is 12.6. The predicted octanol–water partition coefficient (Wildman–Crippen LogP) is 0.402. The Morgan fingerprint density at radius 2 is 2.07 bits per heavy atom. The van der Waals surface area contributed by atoms with E-state index < -0.39 is 12.0 Å². The number of ether oxygens (including phenoxy) is 2. The number of alkyl halides is 2. The molecular weight excluding hydrogens is 210 g/mol. The lowest BCUT2D eigenvalue weighted by atomic mass is 10.4. The number of halogens is 2. The summed E-state index contributed by atoms with van der Waals surface area (Å²) in [6.45, 7) is 2.14. The first-order chi connectivity index (χ1) is 7.04. The van der Waals surface area contributed by atoms with Crippen LogP contribution in [0.5, 0.6) is 0 Å². The van der Waals surface area contributed by atoms with Crippen LogP contribution in [0.1, 0.15) is 19.8 Å². The van der Waals surface area contributed by atoms with Crippen LogP contribution in [0.3, 0.4) is 0 Å². The number of nitrogens with one attached hydrogen (secondary N) is 1. The summed E-state index contributed by atoms with van der Waals surface area (Å²) in [4.78, 5) is 10.4. The number of hydrazine groups is 1. The molecule has 0 heterocycles. The standard InChI is InChI=1S/C8H16F2N2O3/c1-2-3-4-14-5-6-15-8(9,10)7(13)12-11/h2-6,11H2,1H3,(H,12,13). The van der Waals surface area contributed by atoms with Crippen LogP contribution in [0.25, 0.3) is 0 Å². The molecule has 0 aromatic carbocycles. The Morgan fingerprint density at radius 3 is 2.60 bits per heavy atom. The van der Waals surface area contributed by atoms with Gasteiger partial charge in [-0.25, -0.2) is 5.84 Å². The van der Waals surface area contributed by atoms with Gasteiger partial charge < -0.3 is 9.47 Å². The van der Waals surface area contributed by atoms with E-state index in [9.17, 15) is 13.6 Å². The molecule has 0 aliphatic heterocycles. The summed E-state index contributed by atoms with van der Waals surface area (Å²) in [6.07, 6.45) is -2.07. The number of hydrogen-bond donors (Lipinski definition) is 2. The molecule has 0 bridgehead atoms. The van der Waals surface area contributed by atoms with Gasteiger partial charge in [0.05, 0.1) is 13.2 Å². The number of rotatable bonds is 8. The van der Waals surface area contributed by atoms with Gasteiger partial charge in [-0.3, -0.25) is 10.2 Å². The Morgan fingerprint density at radius 1 is 1.40 bits per heavy atom. The van der Waals surface area contributed by atoms with Gasteiger partial charge in [0.2, 0.25) is 0 Å². The van der Waals surface area contributed by atoms with E-state index in [4.69, 9.17) is 4.74 Å². The molecule has 0 unspecified atom stereocenters. The topological polar surface area (TPSA) is 73.6 Å². The third-order valence-corrected chi connectivity index (χ3v) is 1.55. The van der Waals surface area contributed by atoms with Gasteiger partial charge in [0.1, 0.15) is 0 Å². The summed E-state index contributed by atoms with van der Waals surface area (Å²) in [5, 5.41) is 0. The van der Waals surface area contributed by atoms with Crippen molar-refractivity contribution < 1.29 is 23.0 Å². The van der Waals surface area contributed by atoms with Crippen molar-refractivity contribution in [3.63, 3.8) is 0 Å². The van der Waals surface area contributed by atoms with E-state index in [-0.39, 0.29) is 13.2 Å². The molecular formula is C8H16F2N2O3. The van der Waals surface area contributed by atoms with Crippen LogP contribution in [0.2, 0.25) is 0 Å². The van der Waals surface area contributed by atoms with Crippen molar-refractivity contribution in [2.45, 2.75) is 25.9 Å². The molecule has 0 aliphatic carbocycles. The lowest BCUT2D eigenvalue weighted by Gasteiger charge is -2.14. The normalized spacial score (nSPS) is 11.5. The summed E-state index contributed by atoms with van der Waals surface area (Å²) in [5.74, 6) is 2.87. The summed E-state index contributed by atoms with van der Waals surface area (Å²) in [6, 6.07) is 0. The first kappa shape index (κ1) is 14.2. The molecule has 0 atom stereocenters. The summed E-state index contributed by atoms with van der Waals surface area (Å²) < 4.78 is 34.2. The van der Waals surface area contributed by atoms with Crippen LogP contribution >= 0.6 is 0 Å². The second kappa shape index (κ2) is 7.49. The Bertz CT molecular complexity index is 191. The second-order valence-corrected chi connectivity index (χ2v) is 2.80. The molecule has 3 N–H and O–H groups in total. The smallest absolute Gasteiger partial charge is 0.379 e. The molecule has 0 radical (unpaired) electrons. The minimum atomic E-state index is -3.90. The van der Waals surface area contributed by atoms with E-state index in [0.29, 0.717) is 6.61 Å². The Balaban J connectivity index is 3.53. The molecule has 0 saturated heterocycles. The zero-order valence-corrected chi connectivity index (χ0v) is 8.59. The van der Waals surface area contributed by atoms with Gasteiger partial charge in [-0.15, -0.1) is 0 Å². The summed E-state index contributed by atoms with van der Waals surface area (Å²) >= 11 is 0. The van der Waals surface area contributed by atoms with E-state index >= 15 is 0 Å². The molecule has 90 valence electrons. The van der Waals surface area contributed by atoms with Crippen LogP contribution in [-0.2, 0) is 14.3 Å². The number of amides is 1. The maximum atomic E-state index is 12.6. The summed E-state index contributed by atoms with van der Waals surface area (Å²) in [7, 11) is 0. The number of nitrogens with two attached hydrogens (primary N) is 1. The Labute approximate surface area is 86.9 Å². The third-order valence-electron chi connectivity index (χ3n) is 1.55. The highest BCUT2D eigenvalue weighted by molar-refractivity contribution is 5.81. The quantitative estimate of drug-likeness (QED) is 0.272. The van der Waals surface area contributed by atoms with Gasteiger partial charge in [-0.2, -0.15) is 8.78 Å². The third kappa shape index (κ3) is 6.32. The van der Waals surface area contributed by atoms with Crippen molar-refractivity contribution in [2.24, 2.45) is 5.84 Å². The average Bonchev–Trinajstić information content (AvgIpc) is 2.22. The monoisotopic (exact) mass is 226 g/mol. The fourth-order valence-corrected chi connectivity index (χ4v) is 0.727. The highest BCUT2D eigenvalue weighted by atomic mass is 19.3. The molecule has 0 aromatic rings. The number of carbonyl (C=O) groups is 1. The van der Waals surface area contributed by atoms with Crippen LogP contribution in [-0.4, -0.2) is 31.8 Å². The van der Waals surface area contributed by atoms with Crippen molar-refractivity contribution in [1.29, 1.82) is 0 Å². The lowest BCUT2D eigenvalue weighted by molar-refractivity contribution is -0.234. The highest BCUT2D eigenvalue weighted by Crippen LogP contribution is 2.14. The molecule has 0 aromatic heterocycles. The lowest BCUT2D eigenvalue weighted by Crippen LogP contribution is -2.45. The van der Waals surface area contributed by atoms with Gasteiger partial charge in [0.15, 0.2) is 0 Å². The van der Waals surface area contributed by atoms with Crippen molar-refractivity contribution in [2.75, 3.05) is 19.8 Å². The fraction of sp³-hybridized carbons (Fsp3) is 0.875. The zero-order valence-electron chi connectivity index (χ0n) is 8.59. The molecule has 5 nitrogen and oxygen atoms in total. The Kier molecular flexibility index (Phi) is 7.10. The first-order valence-corrected chi connectivity index (χ1v) is 4.65. The second-order valence-electron chi connectivity index (χ2n) is 2.80. The predicted molar refractivity (Wildman–Crippen MR) is 49.0 cm³/mol. The molecule has 15 heavy (non-hydrogen) atoms. The SMILES string of the molecule is CCCCOCCOC(F)(F)C(=O)NN. The largest absolute Gasteiger partial charge is 0.437 e. The molecule has 0 saturated carbocycles. The minimum Gasteiger partial charge on any atom is -0.379 e. The molecule has 7 heteroatoms. The average molecular weight is 226 g/mol. The fourth-order valence-electron chi connectivity index (χ4n) is 0.727. The Hall–Kier alpha value is -0.790. The van der Waals surface area contributed by atoms with Crippen molar-refractivity contribution in [3.05, 3.63) is 0 Å². The van der Waals surface area contributed by atoms with Crippen LogP contribution < -0.4 is 11.3 Å². The van der Waals surface area contributed by atoms with Gasteiger partial charge in [-0.05, 0) is 6.42 Å². The van der Waals surface area contributed by atoms with Gasteiger partial charge in [-0.1, -0.05) is 13.3 Å². The van der Waals surface area contributed by atoms with Gasteiger partial charge in [0.25, 0.3) is 0 Å². The number of unbranched alkanes of at least 4 members (excludes halogenated alkanes) is 1. The molecule has 0 spiro atoms. The number of carbonyl (C=O) groups excluding carboxylic acids is 1. The molecule has 0 rings (SSSR count). The van der Waals surface area contributed by atoms with Crippen molar-refractivity contribution in [3.8, 4) is 0 Å². The van der Waals surface area contributed by atoms with Gasteiger partial charge in [0, 0.05) is 6.61 Å². The van der Waals surface area contributed by atoms with Crippen LogP contribution in [0, 0.1) is 0 Å². The van der Waals surface area contributed by atoms with Crippen LogP contribution in [0.15, 0.2) is 0 Å². The summed E-state index contributed by atoms with van der Waals surface area (Å²) in [5.41, 5.74) is 1.31. The highest BCUT2D eigenvalue weighted by Gasteiger charge is 2.39. The zero-order chi connectivity index (χ0) is 11.7. The van der Waals surface area contributed by atoms with Crippen LogP contribution in [0.4, 0.5) is 8.78 Å². The van der Waals surface area contributed by atoms with Crippen molar-refractivity contribution in [1.82, 2.24) is 5.43 Å². The number of hydrogen-bond acceptors (Lipinski definition) is 4. The van der Waals surface area contributed by atoms with Crippen molar-refractivity contribution >= 4 is 5.91 Å². The van der Waals surface area contributed by atoms with E-state index in [1.165, 1.54) is 5.43 Å². The van der Waals surface area contributed by atoms with E-state index in [1.807, 2.05) is 6.92 Å². The van der Waals surface area contributed by atoms with E-state index in [2.05, 4.69) is 10.6 Å². The molecule has 0 fully saturated rings. The van der Waals surface area contributed by atoms with Gasteiger partial charge >= 0.3 is 12.0 Å². The first-order valence-electron chi connectivity index (χ1n) is 4.65.